The normalized spacial score (nSPS) is 11.8. The Morgan fingerprint density at radius 2 is 1.95 bits per heavy atom. The van der Waals surface area contributed by atoms with Crippen molar-refractivity contribution in [1.82, 2.24) is 9.55 Å². The second-order valence-corrected chi connectivity index (χ2v) is 3.94. The molecule has 0 aliphatic rings. The number of hydrogen-bond donors (Lipinski definition) is 2. The smallest absolute Gasteiger partial charge is 0.417 e. The molecule has 0 aliphatic heterocycles. The quantitative estimate of drug-likeness (QED) is 0.854. The van der Waals surface area contributed by atoms with Gasteiger partial charge in [-0.3, -0.25) is 9.59 Å². The maximum Gasteiger partial charge on any atom is 0.417 e. The number of carboxylic acid groups (broad SMARTS) is 1. The number of fused-ring (bicyclic) bond motifs is 1. The van der Waals surface area contributed by atoms with Gasteiger partial charge < -0.3 is 10.1 Å². The number of alkyl halides is 3. The number of carboxylic acids is 1. The minimum absolute atomic E-state index is 0.208. The molecule has 106 valence electrons. The van der Waals surface area contributed by atoms with E-state index in [4.69, 9.17) is 5.11 Å². The van der Waals surface area contributed by atoms with E-state index in [-0.39, 0.29) is 10.1 Å². The van der Waals surface area contributed by atoms with Gasteiger partial charge in [0.25, 0.3) is 5.56 Å². The predicted octanol–water partition coefficient (Wildman–Crippen LogP) is 0.793. The largest absolute Gasteiger partial charge is 0.480 e. The first-order valence-electron chi connectivity index (χ1n) is 5.26. The monoisotopic (exact) mass is 288 g/mol. The SMILES string of the molecule is O=C(O)Cn1c(=O)[nH]c2cccc(C(F)(F)F)c2c1=O. The van der Waals surface area contributed by atoms with Crippen LogP contribution in [0.1, 0.15) is 5.56 Å². The summed E-state index contributed by atoms with van der Waals surface area (Å²) in [4.78, 5) is 36.1. The van der Waals surface area contributed by atoms with Gasteiger partial charge in [-0.05, 0) is 12.1 Å². The number of hydrogen-bond acceptors (Lipinski definition) is 3. The lowest BCUT2D eigenvalue weighted by molar-refractivity contribution is -0.138. The van der Waals surface area contributed by atoms with E-state index >= 15 is 0 Å². The zero-order chi connectivity index (χ0) is 15.1. The molecule has 0 radical (unpaired) electrons. The van der Waals surface area contributed by atoms with E-state index < -0.39 is 40.9 Å². The fourth-order valence-corrected chi connectivity index (χ4v) is 1.81. The lowest BCUT2D eigenvalue weighted by Crippen LogP contribution is -2.38. The van der Waals surface area contributed by atoms with Crippen LogP contribution in [-0.4, -0.2) is 20.6 Å². The lowest BCUT2D eigenvalue weighted by atomic mass is 10.1. The Hall–Kier alpha value is -2.58. The van der Waals surface area contributed by atoms with E-state index in [0.717, 1.165) is 12.1 Å². The summed E-state index contributed by atoms with van der Waals surface area (Å²) >= 11 is 0. The number of rotatable bonds is 2. The van der Waals surface area contributed by atoms with E-state index in [0.29, 0.717) is 6.07 Å². The molecule has 0 spiro atoms. The second-order valence-electron chi connectivity index (χ2n) is 3.94. The average molecular weight is 288 g/mol. The molecule has 1 aromatic heterocycles. The number of H-pyrrole nitrogens is 1. The van der Waals surface area contributed by atoms with E-state index in [1.165, 1.54) is 0 Å². The standard InChI is InChI=1S/C11H7F3N2O4/c12-11(13,14)5-2-1-3-6-8(5)9(19)16(4-7(17)18)10(20)15-6/h1-3H,4H2,(H,15,20)(H,17,18). The maximum absolute atomic E-state index is 12.8. The van der Waals surface area contributed by atoms with Crippen LogP contribution in [0.15, 0.2) is 27.8 Å². The first-order valence-corrected chi connectivity index (χ1v) is 5.26. The lowest BCUT2D eigenvalue weighted by Gasteiger charge is -2.10. The molecule has 0 unspecified atom stereocenters. The van der Waals surface area contributed by atoms with Gasteiger partial charge in [-0.2, -0.15) is 13.2 Å². The van der Waals surface area contributed by atoms with Crippen LogP contribution in [0.25, 0.3) is 10.9 Å². The molecule has 1 heterocycles. The van der Waals surface area contributed by atoms with Crippen LogP contribution in [0.2, 0.25) is 0 Å². The van der Waals surface area contributed by atoms with Crippen molar-refractivity contribution in [2.45, 2.75) is 12.7 Å². The number of aromatic amines is 1. The Kier molecular flexibility index (Phi) is 3.12. The number of aromatic nitrogens is 2. The van der Waals surface area contributed by atoms with Crippen molar-refractivity contribution in [1.29, 1.82) is 0 Å². The van der Waals surface area contributed by atoms with Gasteiger partial charge in [-0.15, -0.1) is 0 Å². The van der Waals surface area contributed by atoms with Crippen molar-refractivity contribution in [3.05, 3.63) is 44.6 Å². The minimum atomic E-state index is -4.79. The highest BCUT2D eigenvalue weighted by molar-refractivity contribution is 5.81. The third-order valence-electron chi connectivity index (χ3n) is 2.61. The summed E-state index contributed by atoms with van der Waals surface area (Å²) in [5, 5.41) is 7.82. The summed E-state index contributed by atoms with van der Waals surface area (Å²) < 4.78 is 38.7. The zero-order valence-electron chi connectivity index (χ0n) is 9.69. The van der Waals surface area contributed by atoms with Crippen LogP contribution < -0.4 is 11.2 Å². The molecule has 2 aromatic rings. The third kappa shape index (κ3) is 2.29. The van der Waals surface area contributed by atoms with Gasteiger partial charge in [0, 0.05) is 0 Å². The maximum atomic E-state index is 12.8. The highest BCUT2D eigenvalue weighted by Gasteiger charge is 2.34. The van der Waals surface area contributed by atoms with Crippen LogP contribution in [0, 0.1) is 0 Å². The van der Waals surface area contributed by atoms with Crippen molar-refractivity contribution in [2.75, 3.05) is 0 Å². The molecule has 20 heavy (non-hydrogen) atoms. The number of nitrogens with zero attached hydrogens (tertiary/aromatic N) is 1. The average Bonchev–Trinajstić information content (AvgIpc) is 2.32. The van der Waals surface area contributed by atoms with Gasteiger partial charge >= 0.3 is 17.8 Å². The molecule has 0 saturated carbocycles. The van der Waals surface area contributed by atoms with Crippen LogP contribution in [0.3, 0.4) is 0 Å². The van der Waals surface area contributed by atoms with Crippen LogP contribution in [0.5, 0.6) is 0 Å². The second kappa shape index (κ2) is 4.51. The van der Waals surface area contributed by atoms with Crippen LogP contribution in [-0.2, 0) is 17.5 Å². The number of carbonyl (C=O) groups is 1. The number of halogens is 3. The Morgan fingerprint density at radius 3 is 2.50 bits per heavy atom. The summed E-state index contributed by atoms with van der Waals surface area (Å²) in [6.07, 6.45) is -4.79. The van der Waals surface area contributed by atoms with Crippen molar-refractivity contribution >= 4 is 16.9 Å². The third-order valence-corrected chi connectivity index (χ3v) is 2.61. The summed E-state index contributed by atoms with van der Waals surface area (Å²) in [6.45, 7) is -1.02. The minimum Gasteiger partial charge on any atom is -0.480 e. The number of nitrogens with one attached hydrogen (secondary N) is 1. The molecule has 0 bridgehead atoms. The van der Waals surface area contributed by atoms with Crippen molar-refractivity contribution in [3.8, 4) is 0 Å². The Bertz CT molecular complexity index is 804. The number of benzene rings is 1. The van der Waals surface area contributed by atoms with Gasteiger partial charge in [-0.1, -0.05) is 6.07 Å². The van der Waals surface area contributed by atoms with Gasteiger partial charge in [0.1, 0.15) is 6.54 Å². The molecule has 0 amide bonds. The molecule has 2 N–H and O–H groups in total. The molecular weight excluding hydrogens is 281 g/mol. The first-order chi connectivity index (χ1) is 9.21. The van der Waals surface area contributed by atoms with Crippen molar-refractivity contribution < 1.29 is 23.1 Å². The molecule has 1 aromatic carbocycles. The molecule has 2 rings (SSSR count). The summed E-state index contributed by atoms with van der Waals surface area (Å²) in [5.41, 5.74) is -3.89. The number of aliphatic carboxylic acids is 1. The van der Waals surface area contributed by atoms with Gasteiger partial charge in [-0.25, -0.2) is 9.36 Å². The molecule has 9 heteroatoms. The van der Waals surface area contributed by atoms with Crippen LogP contribution >= 0.6 is 0 Å². The van der Waals surface area contributed by atoms with Crippen LogP contribution in [0.4, 0.5) is 13.2 Å². The Balaban J connectivity index is 2.92. The van der Waals surface area contributed by atoms with Crippen molar-refractivity contribution in [2.24, 2.45) is 0 Å². The summed E-state index contributed by atoms with van der Waals surface area (Å²) in [7, 11) is 0. The molecule has 0 saturated heterocycles. The fraction of sp³-hybridized carbons (Fsp3) is 0.182. The highest BCUT2D eigenvalue weighted by atomic mass is 19.4. The van der Waals surface area contributed by atoms with E-state index in [2.05, 4.69) is 4.98 Å². The molecule has 6 nitrogen and oxygen atoms in total. The fourth-order valence-electron chi connectivity index (χ4n) is 1.81. The zero-order valence-corrected chi connectivity index (χ0v) is 9.69. The van der Waals surface area contributed by atoms with Gasteiger partial charge in [0.15, 0.2) is 0 Å². The summed E-state index contributed by atoms with van der Waals surface area (Å²) in [5.74, 6) is -1.51. The first kappa shape index (κ1) is 13.8. The predicted molar refractivity (Wildman–Crippen MR) is 61.5 cm³/mol. The molecule has 0 aliphatic carbocycles. The molecular formula is C11H7F3N2O4. The Labute approximate surface area is 108 Å². The van der Waals surface area contributed by atoms with Crippen molar-refractivity contribution in [3.63, 3.8) is 0 Å². The van der Waals surface area contributed by atoms with E-state index in [1.54, 1.807) is 0 Å². The van der Waals surface area contributed by atoms with Gasteiger partial charge in [0.05, 0.1) is 16.5 Å². The molecule has 0 atom stereocenters. The van der Waals surface area contributed by atoms with Gasteiger partial charge in [0.2, 0.25) is 0 Å². The highest BCUT2D eigenvalue weighted by Crippen LogP contribution is 2.32. The topological polar surface area (TPSA) is 92.2 Å². The molecule has 0 fully saturated rings. The van der Waals surface area contributed by atoms with E-state index in [9.17, 15) is 27.6 Å². The Morgan fingerprint density at radius 1 is 1.30 bits per heavy atom. The summed E-state index contributed by atoms with van der Waals surface area (Å²) in [6, 6.07) is 2.87. The van der Waals surface area contributed by atoms with E-state index in [1.807, 2.05) is 0 Å².